The number of amides is 1. The number of aryl methyl sites for hydroxylation is 1. The number of ether oxygens (including phenoxy) is 1. The van der Waals surface area contributed by atoms with Gasteiger partial charge in [0.15, 0.2) is 11.6 Å². The van der Waals surface area contributed by atoms with Crippen LogP contribution in [-0.2, 0) is 19.6 Å². The predicted molar refractivity (Wildman–Crippen MR) is 120 cm³/mol. The van der Waals surface area contributed by atoms with Crippen molar-refractivity contribution in [3.8, 4) is 5.75 Å². The van der Waals surface area contributed by atoms with Crippen molar-refractivity contribution in [2.45, 2.75) is 26.5 Å². The average molecular weight is 454 g/mol. The number of benzene rings is 2. The van der Waals surface area contributed by atoms with Crippen molar-refractivity contribution >= 4 is 23.3 Å². The van der Waals surface area contributed by atoms with E-state index in [1.165, 1.54) is 16.3 Å². The first-order chi connectivity index (χ1) is 15.5. The highest BCUT2D eigenvalue weighted by Gasteiger charge is 2.14. The molecule has 0 saturated heterocycles. The van der Waals surface area contributed by atoms with Crippen LogP contribution in [-0.4, -0.2) is 15.7 Å². The number of aromatic nitrogens is 2. The van der Waals surface area contributed by atoms with Gasteiger partial charge in [-0.25, -0.2) is 4.39 Å². The van der Waals surface area contributed by atoms with Gasteiger partial charge in [-0.3, -0.25) is 9.48 Å². The second-order valence-corrected chi connectivity index (χ2v) is 7.51. The van der Waals surface area contributed by atoms with Gasteiger partial charge in [0.05, 0.1) is 6.54 Å². The number of rotatable bonds is 8. The van der Waals surface area contributed by atoms with E-state index in [2.05, 4.69) is 17.3 Å². The van der Waals surface area contributed by atoms with Crippen LogP contribution in [0.1, 0.15) is 34.4 Å². The zero-order chi connectivity index (χ0) is 22.5. The third-order valence-corrected chi connectivity index (χ3v) is 5.22. The molecule has 0 aliphatic carbocycles. The molecule has 0 aliphatic rings. The molecule has 2 aromatic carbocycles. The number of furan rings is 1. The lowest BCUT2D eigenvalue weighted by Crippen LogP contribution is -2.12. The summed E-state index contributed by atoms with van der Waals surface area (Å²) in [5, 5.41) is 7.22. The third kappa shape index (κ3) is 5.18. The summed E-state index contributed by atoms with van der Waals surface area (Å²) in [6.07, 6.45) is 2.59. The van der Waals surface area contributed by atoms with Crippen LogP contribution in [0.2, 0.25) is 5.02 Å². The summed E-state index contributed by atoms with van der Waals surface area (Å²) in [5.41, 5.74) is 1.56. The van der Waals surface area contributed by atoms with E-state index in [0.717, 1.165) is 12.2 Å². The van der Waals surface area contributed by atoms with Gasteiger partial charge < -0.3 is 14.5 Å². The number of carbonyl (C=O) groups excluding carboxylic acids is 1. The fourth-order valence-electron chi connectivity index (χ4n) is 3.09. The van der Waals surface area contributed by atoms with E-state index in [-0.39, 0.29) is 18.9 Å². The zero-order valence-electron chi connectivity index (χ0n) is 17.3. The molecule has 0 bridgehead atoms. The first-order valence-electron chi connectivity index (χ1n) is 10.1. The lowest BCUT2D eigenvalue weighted by atomic mass is 10.2. The summed E-state index contributed by atoms with van der Waals surface area (Å²) in [7, 11) is 0. The molecule has 8 heteroatoms. The van der Waals surface area contributed by atoms with Gasteiger partial charge in [0.1, 0.15) is 23.9 Å². The van der Waals surface area contributed by atoms with Crippen LogP contribution in [0.4, 0.5) is 10.2 Å². The zero-order valence-corrected chi connectivity index (χ0v) is 18.1. The molecule has 0 atom stereocenters. The van der Waals surface area contributed by atoms with Crippen molar-refractivity contribution in [2.24, 2.45) is 0 Å². The van der Waals surface area contributed by atoms with Crippen molar-refractivity contribution in [1.82, 2.24) is 9.78 Å². The maximum absolute atomic E-state index is 14.0. The molecule has 0 unspecified atom stereocenters. The molecule has 0 aliphatic heterocycles. The summed E-state index contributed by atoms with van der Waals surface area (Å²) in [5.74, 6) is 0.840. The number of nitrogens with zero attached hydrogens (tertiary/aromatic N) is 2. The third-order valence-electron chi connectivity index (χ3n) is 4.86. The number of anilines is 1. The van der Waals surface area contributed by atoms with E-state index in [0.29, 0.717) is 22.2 Å². The van der Waals surface area contributed by atoms with Crippen molar-refractivity contribution in [3.63, 3.8) is 0 Å². The van der Waals surface area contributed by atoms with E-state index in [4.69, 9.17) is 20.8 Å². The molecular formula is C24H21ClFN3O3. The Morgan fingerprint density at radius 2 is 1.97 bits per heavy atom. The number of carbonyl (C=O) groups is 1. The molecule has 4 rings (SSSR count). The van der Waals surface area contributed by atoms with Crippen LogP contribution in [0, 0.1) is 5.82 Å². The monoisotopic (exact) mass is 453 g/mol. The summed E-state index contributed by atoms with van der Waals surface area (Å²) < 4.78 is 26.7. The van der Waals surface area contributed by atoms with E-state index in [1.54, 1.807) is 36.5 Å². The van der Waals surface area contributed by atoms with Gasteiger partial charge in [-0.1, -0.05) is 36.7 Å². The molecule has 0 fully saturated rings. The first-order valence-corrected chi connectivity index (χ1v) is 10.5. The lowest BCUT2D eigenvalue weighted by molar-refractivity contribution is 0.0992. The predicted octanol–water partition coefficient (Wildman–Crippen LogP) is 5.71. The number of halogens is 2. The van der Waals surface area contributed by atoms with Gasteiger partial charge in [-0.2, -0.15) is 5.10 Å². The van der Waals surface area contributed by atoms with E-state index >= 15 is 0 Å². The maximum atomic E-state index is 14.0. The molecule has 4 aromatic rings. The molecule has 0 saturated carbocycles. The number of hydrogen-bond acceptors (Lipinski definition) is 4. The highest BCUT2D eigenvalue weighted by molar-refractivity contribution is 6.31. The van der Waals surface area contributed by atoms with E-state index in [9.17, 15) is 9.18 Å². The SMILES string of the molecule is CCc1ccc(OCc2ccc(C(=O)Nc3ccn(Cc4c(F)cccc4Cl)n3)o2)cc1. The Labute approximate surface area is 189 Å². The lowest BCUT2D eigenvalue weighted by Gasteiger charge is -2.06. The van der Waals surface area contributed by atoms with E-state index in [1.807, 2.05) is 24.3 Å². The highest BCUT2D eigenvalue weighted by atomic mass is 35.5. The van der Waals surface area contributed by atoms with Crippen LogP contribution < -0.4 is 10.1 Å². The Kier molecular flexibility index (Phi) is 6.56. The Hall–Kier alpha value is -3.58. The van der Waals surface area contributed by atoms with Crippen molar-refractivity contribution < 1.29 is 18.3 Å². The largest absolute Gasteiger partial charge is 0.486 e. The molecule has 1 N–H and O–H groups in total. The smallest absolute Gasteiger partial charge is 0.292 e. The molecule has 2 aromatic heterocycles. The van der Waals surface area contributed by atoms with Gasteiger partial charge in [0.25, 0.3) is 5.91 Å². The number of hydrogen-bond donors (Lipinski definition) is 1. The summed E-state index contributed by atoms with van der Waals surface area (Å²) in [4.78, 5) is 12.5. The minimum atomic E-state index is -0.447. The van der Waals surface area contributed by atoms with Crippen LogP contribution in [0.15, 0.2) is 71.3 Å². The van der Waals surface area contributed by atoms with Gasteiger partial charge in [-0.15, -0.1) is 0 Å². The minimum absolute atomic E-state index is 0.136. The molecule has 0 radical (unpaired) electrons. The number of nitrogens with one attached hydrogen (secondary N) is 1. The standard InChI is InChI=1S/C24H21ClFN3O3/c1-2-16-6-8-17(9-7-16)31-15-18-10-11-22(32-18)24(30)27-23-12-13-29(28-23)14-19-20(25)4-3-5-21(19)26/h3-13H,2,14-15H2,1H3,(H,27,28,30). The first kappa shape index (κ1) is 21.6. The topological polar surface area (TPSA) is 69.3 Å². The molecule has 164 valence electrons. The molecular weight excluding hydrogens is 433 g/mol. The Morgan fingerprint density at radius 1 is 1.16 bits per heavy atom. The molecule has 0 spiro atoms. The maximum Gasteiger partial charge on any atom is 0.292 e. The quantitative estimate of drug-likeness (QED) is 0.371. The van der Waals surface area contributed by atoms with Gasteiger partial charge in [0.2, 0.25) is 0 Å². The van der Waals surface area contributed by atoms with E-state index < -0.39 is 11.7 Å². The van der Waals surface area contributed by atoms with Gasteiger partial charge in [-0.05, 0) is 48.4 Å². The molecule has 2 heterocycles. The van der Waals surface area contributed by atoms with Crippen molar-refractivity contribution in [1.29, 1.82) is 0 Å². The highest BCUT2D eigenvalue weighted by Crippen LogP contribution is 2.21. The molecule has 32 heavy (non-hydrogen) atoms. The van der Waals surface area contributed by atoms with Crippen LogP contribution in [0.25, 0.3) is 0 Å². The Balaban J connectivity index is 1.34. The van der Waals surface area contributed by atoms with Crippen LogP contribution in [0.3, 0.4) is 0 Å². The fraction of sp³-hybridized carbons (Fsp3) is 0.167. The summed E-state index contributed by atoms with van der Waals surface area (Å²) in [6, 6.07) is 17.2. The van der Waals surface area contributed by atoms with Crippen molar-refractivity contribution in [2.75, 3.05) is 5.32 Å². The van der Waals surface area contributed by atoms with Crippen LogP contribution >= 0.6 is 11.6 Å². The second-order valence-electron chi connectivity index (χ2n) is 7.11. The average Bonchev–Trinajstić information content (AvgIpc) is 3.45. The summed E-state index contributed by atoms with van der Waals surface area (Å²) >= 11 is 6.06. The second kappa shape index (κ2) is 9.70. The van der Waals surface area contributed by atoms with Crippen LogP contribution in [0.5, 0.6) is 5.75 Å². The minimum Gasteiger partial charge on any atom is -0.486 e. The van der Waals surface area contributed by atoms with Crippen molar-refractivity contribution in [3.05, 3.63) is 100 Å². The van der Waals surface area contributed by atoms with Gasteiger partial charge in [0, 0.05) is 22.8 Å². The molecule has 1 amide bonds. The van der Waals surface area contributed by atoms with Gasteiger partial charge >= 0.3 is 0 Å². The Bertz CT molecular complexity index is 1200. The normalized spacial score (nSPS) is 10.8. The summed E-state index contributed by atoms with van der Waals surface area (Å²) in [6.45, 7) is 2.44. The molecule has 6 nitrogen and oxygen atoms in total. The Morgan fingerprint density at radius 3 is 2.72 bits per heavy atom. The fourth-order valence-corrected chi connectivity index (χ4v) is 3.32.